The summed E-state index contributed by atoms with van der Waals surface area (Å²) in [6.45, 7) is 6.53. The Morgan fingerprint density at radius 3 is 2.89 bits per heavy atom. The number of nitrogens with zero attached hydrogens (tertiary/aromatic N) is 3. The van der Waals surface area contributed by atoms with E-state index in [0.717, 1.165) is 10.9 Å². The SMILES string of the molecule is C=CCN1C[C@@]2(C(=O)O)CN(c3cc(C)c4ccc(F)cc4n3)C[C@H]2C1=O. The van der Waals surface area contributed by atoms with Gasteiger partial charge in [-0.25, -0.2) is 9.37 Å². The third-order valence-corrected chi connectivity index (χ3v) is 5.69. The molecule has 2 aliphatic rings. The molecule has 2 aliphatic heterocycles. The van der Waals surface area contributed by atoms with E-state index < -0.39 is 17.3 Å². The van der Waals surface area contributed by atoms with Crippen molar-refractivity contribution in [1.82, 2.24) is 9.88 Å². The molecule has 7 heteroatoms. The second-order valence-electron chi connectivity index (χ2n) is 7.36. The van der Waals surface area contributed by atoms with E-state index in [1.807, 2.05) is 17.9 Å². The molecule has 1 aromatic heterocycles. The number of rotatable bonds is 4. The highest BCUT2D eigenvalue weighted by atomic mass is 19.1. The molecule has 0 unspecified atom stereocenters. The van der Waals surface area contributed by atoms with Crippen LogP contribution in [0, 0.1) is 24.1 Å². The fourth-order valence-electron chi connectivity index (χ4n) is 4.31. The van der Waals surface area contributed by atoms with Gasteiger partial charge in [0.25, 0.3) is 0 Å². The predicted molar refractivity (Wildman–Crippen MR) is 99.0 cm³/mol. The van der Waals surface area contributed by atoms with Gasteiger partial charge >= 0.3 is 5.97 Å². The van der Waals surface area contributed by atoms with Gasteiger partial charge in [-0.05, 0) is 30.7 Å². The molecular weight excluding hydrogens is 349 g/mol. The number of anilines is 1. The molecule has 140 valence electrons. The topological polar surface area (TPSA) is 73.7 Å². The van der Waals surface area contributed by atoms with Crippen molar-refractivity contribution in [2.24, 2.45) is 11.3 Å². The number of fused-ring (bicyclic) bond motifs is 2. The average Bonchev–Trinajstić information content (AvgIpc) is 3.12. The molecule has 0 aliphatic carbocycles. The lowest BCUT2D eigenvalue weighted by molar-refractivity contribution is -0.149. The number of amides is 1. The van der Waals surface area contributed by atoms with Crippen LogP contribution in [0.1, 0.15) is 5.56 Å². The number of carboxylic acids is 1. The Balaban J connectivity index is 1.72. The fourth-order valence-corrected chi connectivity index (χ4v) is 4.31. The van der Waals surface area contributed by atoms with E-state index in [1.54, 1.807) is 17.0 Å². The number of hydrogen-bond donors (Lipinski definition) is 1. The number of likely N-dealkylation sites (tertiary alicyclic amines) is 1. The number of carbonyl (C=O) groups is 2. The lowest BCUT2D eigenvalue weighted by atomic mass is 9.81. The van der Waals surface area contributed by atoms with Gasteiger partial charge in [0.15, 0.2) is 0 Å². The highest BCUT2D eigenvalue weighted by Crippen LogP contribution is 2.45. The monoisotopic (exact) mass is 369 g/mol. The summed E-state index contributed by atoms with van der Waals surface area (Å²) in [7, 11) is 0. The molecule has 3 heterocycles. The zero-order valence-electron chi connectivity index (χ0n) is 15.0. The van der Waals surface area contributed by atoms with Gasteiger partial charge in [-0.1, -0.05) is 6.08 Å². The second-order valence-corrected chi connectivity index (χ2v) is 7.36. The van der Waals surface area contributed by atoms with Gasteiger partial charge in [0.1, 0.15) is 17.1 Å². The number of carbonyl (C=O) groups excluding carboxylic acids is 1. The number of aliphatic carboxylic acids is 1. The molecule has 2 aromatic rings. The molecule has 0 bridgehead atoms. The second kappa shape index (κ2) is 6.04. The third-order valence-electron chi connectivity index (χ3n) is 5.69. The van der Waals surface area contributed by atoms with E-state index in [9.17, 15) is 19.1 Å². The number of halogens is 1. The molecular formula is C20H20FN3O3. The number of benzene rings is 1. The molecule has 0 radical (unpaired) electrons. The summed E-state index contributed by atoms with van der Waals surface area (Å²) in [6.07, 6.45) is 1.61. The lowest BCUT2D eigenvalue weighted by Gasteiger charge is -2.25. The molecule has 1 N–H and O–H groups in total. The molecule has 6 nitrogen and oxygen atoms in total. The zero-order valence-corrected chi connectivity index (χ0v) is 15.0. The van der Waals surface area contributed by atoms with Crippen molar-refractivity contribution in [3.8, 4) is 0 Å². The van der Waals surface area contributed by atoms with Crippen molar-refractivity contribution < 1.29 is 19.1 Å². The zero-order chi connectivity index (χ0) is 19.3. The van der Waals surface area contributed by atoms with Crippen LogP contribution in [-0.4, -0.2) is 53.0 Å². The van der Waals surface area contributed by atoms with E-state index in [-0.39, 0.29) is 31.4 Å². The minimum absolute atomic E-state index is 0.162. The molecule has 4 rings (SSSR count). The standard InChI is InChI=1S/C20H20FN3O3/c1-3-6-23-10-20(19(26)27)11-24(9-15(20)18(23)25)17-7-12(2)14-5-4-13(21)8-16(14)22-17/h3-5,7-8,15H,1,6,9-11H2,2H3,(H,26,27)/t15-,20+/m0/s1. The predicted octanol–water partition coefficient (Wildman–Crippen LogP) is 2.22. The summed E-state index contributed by atoms with van der Waals surface area (Å²) >= 11 is 0. The molecule has 0 spiro atoms. The number of hydrogen-bond acceptors (Lipinski definition) is 4. The summed E-state index contributed by atoms with van der Waals surface area (Å²) < 4.78 is 13.6. The highest BCUT2D eigenvalue weighted by molar-refractivity contribution is 5.94. The van der Waals surface area contributed by atoms with Crippen LogP contribution in [0.5, 0.6) is 0 Å². The van der Waals surface area contributed by atoms with Gasteiger partial charge in [0.2, 0.25) is 5.91 Å². The van der Waals surface area contributed by atoms with Gasteiger partial charge in [-0.3, -0.25) is 9.59 Å². The van der Waals surface area contributed by atoms with Crippen LogP contribution in [0.25, 0.3) is 10.9 Å². The Hall–Kier alpha value is -2.96. The Kier molecular flexibility index (Phi) is 3.91. The maximum atomic E-state index is 13.6. The van der Waals surface area contributed by atoms with Crippen LogP contribution < -0.4 is 4.90 Å². The smallest absolute Gasteiger partial charge is 0.314 e. The van der Waals surface area contributed by atoms with Crippen LogP contribution in [0.15, 0.2) is 36.9 Å². The lowest BCUT2D eigenvalue weighted by Crippen LogP contribution is -2.41. The van der Waals surface area contributed by atoms with Crippen molar-refractivity contribution in [3.63, 3.8) is 0 Å². The summed E-state index contributed by atoms with van der Waals surface area (Å²) in [6, 6.07) is 6.31. The first-order valence-corrected chi connectivity index (χ1v) is 8.80. The Bertz CT molecular complexity index is 976. The molecule has 1 amide bonds. The van der Waals surface area contributed by atoms with Crippen LogP contribution in [0.2, 0.25) is 0 Å². The van der Waals surface area contributed by atoms with Crippen LogP contribution in [0.4, 0.5) is 10.2 Å². The molecule has 2 saturated heterocycles. The number of aromatic nitrogens is 1. The van der Waals surface area contributed by atoms with Crippen LogP contribution in [0.3, 0.4) is 0 Å². The van der Waals surface area contributed by atoms with Gasteiger partial charge in [0.05, 0.1) is 11.4 Å². The summed E-state index contributed by atoms with van der Waals surface area (Å²) in [5.41, 5.74) is 0.286. The number of aryl methyl sites for hydroxylation is 1. The van der Waals surface area contributed by atoms with Crippen molar-refractivity contribution in [2.75, 3.05) is 31.1 Å². The maximum absolute atomic E-state index is 13.6. The van der Waals surface area contributed by atoms with Crippen molar-refractivity contribution in [2.45, 2.75) is 6.92 Å². The van der Waals surface area contributed by atoms with Gasteiger partial charge in [-0.2, -0.15) is 0 Å². The Labute approximate surface area is 155 Å². The molecule has 27 heavy (non-hydrogen) atoms. The van der Waals surface area contributed by atoms with E-state index in [4.69, 9.17) is 0 Å². The summed E-state index contributed by atoms with van der Waals surface area (Å²) in [5.74, 6) is -1.56. The average molecular weight is 369 g/mol. The Morgan fingerprint density at radius 1 is 1.44 bits per heavy atom. The van der Waals surface area contributed by atoms with Crippen molar-refractivity contribution in [1.29, 1.82) is 0 Å². The van der Waals surface area contributed by atoms with Gasteiger partial charge in [-0.15, -0.1) is 6.58 Å². The molecule has 1 aromatic carbocycles. The van der Waals surface area contributed by atoms with Gasteiger partial charge < -0.3 is 14.9 Å². The number of pyridine rings is 1. The van der Waals surface area contributed by atoms with Crippen molar-refractivity contribution in [3.05, 3.63) is 48.3 Å². The largest absolute Gasteiger partial charge is 0.481 e. The van der Waals surface area contributed by atoms with E-state index >= 15 is 0 Å². The quantitative estimate of drug-likeness (QED) is 0.837. The van der Waals surface area contributed by atoms with E-state index in [0.29, 0.717) is 17.9 Å². The Morgan fingerprint density at radius 2 is 2.22 bits per heavy atom. The first-order chi connectivity index (χ1) is 12.9. The number of carboxylic acid groups (broad SMARTS) is 1. The normalized spacial score (nSPS) is 24.5. The summed E-state index contributed by atoms with van der Waals surface area (Å²) in [5, 5.41) is 10.8. The van der Waals surface area contributed by atoms with Crippen LogP contribution in [-0.2, 0) is 9.59 Å². The van der Waals surface area contributed by atoms with E-state index in [1.165, 1.54) is 12.1 Å². The van der Waals surface area contributed by atoms with Crippen molar-refractivity contribution >= 4 is 28.6 Å². The summed E-state index contributed by atoms with van der Waals surface area (Å²) in [4.78, 5) is 32.7. The maximum Gasteiger partial charge on any atom is 0.314 e. The third kappa shape index (κ3) is 2.57. The fraction of sp³-hybridized carbons (Fsp3) is 0.350. The van der Waals surface area contributed by atoms with E-state index in [2.05, 4.69) is 11.6 Å². The van der Waals surface area contributed by atoms with Crippen LogP contribution >= 0.6 is 0 Å². The highest BCUT2D eigenvalue weighted by Gasteiger charge is 2.62. The minimum atomic E-state index is -1.16. The minimum Gasteiger partial charge on any atom is -0.481 e. The molecule has 2 fully saturated rings. The molecule has 0 saturated carbocycles. The first kappa shape index (κ1) is 17.5. The molecule has 2 atom stereocenters. The van der Waals surface area contributed by atoms with Gasteiger partial charge in [0, 0.05) is 37.6 Å². The first-order valence-electron chi connectivity index (χ1n) is 8.80.